The lowest BCUT2D eigenvalue weighted by atomic mass is 10.2. The average Bonchev–Trinajstić information content (AvgIpc) is 2.62. The van der Waals surface area contributed by atoms with E-state index in [1.807, 2.05) is 0 Å². The van der Waals surface area contributed by atoms with Crippen LogP contribution in [0.2, 0.25) is 0 Å². The number of nitrogens with two attached hydrogens (primary N) is 2. The summed E-state index contributed by atoms with van der Waals surface area (Å²) in [5.74, 6) is 0.107. The number of nitrogens with zero attached hydrogens (tertiary/aromatic N) is 1. The van der Waals surface area contributed by atoms with Crippen LogP contribution >= 0.6 is 0 Å². The molecule has 4 heteroatoms. The van der Waals surface area contributed by atoms with Crippen molar-refractivity contribution in [1.82, 2.24) is 4.90 Å². The zero-order chi connectivity index (χ0) is 8.77. The van der Waals surface area contributed by atoms with E-state index in [2.05, 4.69) is 0 Å². The first-order chi connectivity index (χ1) is 5.62. The van der Waals surface area contributed by atoms with Crippen molar-refractivity contribution in [3.8, 4) is 0 Å². The van der Waals surface area contributed by atoms with E-state index in [4.69, 9.17) is 11.5 Å². The van der Waals surface area contributed by atoms with Crippen molar-refractivity contribution in [2.24, 2.45) is 11.5 Å². The summed E-state index contributed by atoms with van der Waals surface area (Å²) in [5, 5.41) is 0. The molecule has 1 amide bonds. The molecule has 4 nitrogen and oxygen atoms in total. The van der Waals surface area contributed by atoms with E-state index in [1.54, 1.807) is 4.90 Å². The molecule has 12 heavy (non-hydrogen) atoms. The number of carbonyl (C=O) groups excluding carboxylic acids is 1. The number of rotatable bonds is 1. The van der Waals surface area contributed by atoms with Gasteiger partial charge in [0, 0.05) is 19.1 Å². The Kier molecular flexibility index (Phi) is 1.63. The van der Waals surface area contributed by atoms with Gasteiger partial charge in [-0.05, 0) is 19.3 Å². The van der Waals surface area contributed by atoms with Crippen molar-refractivity contribution in [1.29, 1.82) is 0 Å². The summed E-state index contributed by atoms with van der Waals surface area (Å²) in [6.07, 6.45) is 2.61. The van der Waals surface area contributed by atoms with Crippen molar-refractivity contribution in [3.63, 3.8) is 0 Å². The van der Waals surface area contributed by atoms with E-state index in [-0.39, 0.29) is 11.9 Å². The molecule has 2 aliphatic rings. The van der Waals surface area contributed by atoms with Crippen LogP contribution in [0.15, 0.2) is 0 Å². The number of hydrogen-bond donors (Lipinski definition) is 2. The molecule has 0 aromatic carbocycles. The van der Waals surface area contributed by atoms with Crippen LogP contribution in [0.4, 0.5) is 0 Å². The number of likely N-dealkylation sites (tertiary alicyclic amines) is 1. The molecule has 68 valence electrons. The van der Waals surface area contributed by atoms with Crippen LogP contribution in [0.3, 0.4) is 0 Å². The predicted octanol–water partition coefficient (Wildman–Crippen LogP) is -0.963. The molecule has 1 saturated heterocycles. The Bertz CT molecular complexity index is 212. The van der Waals surface area contributed by atoms with Crippen LogP contribution in [0, 0.1) is 0 Å². The summed E-state index contributed by atoms with van der Waals surface area (Å²) >= 11 is 0. The molecule has 0 aromatic heterocycles. The quantitative estimate of drug-likeness (QED) is 0.531. The molecule has 0 unspecified atom stereocenters. The van der Waals surface area contributed by atoms with Crippen LogP contribution in [0.5, 0.6) is 0 Å². The van der Waals surface area contributed by atoms with E-state index >= 15 is 0 Å². The number of hydrogen-bond acceptors (Lipinski definition) is 3. The van der Waals surface area contributed by atoms with Crippen molar-refractivity contribution in [2.45, 2.75) is 30.8 Å². The van der Waals surface area contributed by atoms with Gasteiger partial charge in [0.1, 0.15) is 0 Å². The molecule has 1 atom stereocenters. The first-order valence-electron chi connectivity index (χ1n) is 4.46. The molecule has 1 heterocycles. The summed E-state index contributed by atoms with van der Waals surface area (Å²) in [4.78, 5) is 13.4. The molecule has 1 aliphatic carbocycles. The Morgan fingerprint density at radius 3 is 2.58 bits per heavy atom. The fraction of sp³-hybridized carbons (Fsp3) is 0.875. The van der Waals surface area contributed by atoms with Gasteiger partial charge in [0.05, 0.1) is 5.54 Å². The van der Waals surface area contributed by atoms with E-state index in [0.717, 1.165) is 25.8 Å². The molecule has 2 rings (SSSR count). The smallest absolute Gasteiger partial charge is 0.242 e. The highest BCUT2D eigenvalue weighted by Gasteiger charge is 2.48. The van der Waals surface area contributed by atoms with Crippen LogP contribution in [-0.4, -0.2) is 35.5 Å². The maximum Gasteiger partial charge on any atom is 0.242 e. The topological polar surface area (TPSA) is 72.3 Å². The van der Waals surface area contributed by atoms with Gasteiger partial charge in [0.2, 0.25) is 5.91 Å². The molecule has 0 bridgehead atoms. The standard InChI is InChI=1S/C8H15N3O/c9-6-1-4-11(5-6)7(12)8(10)2-3-8/h6H,1-5,9-10H2/t6-/m0/s1. The van der Waals surface area contributed by atoms with Gasteiger partial charge < -0.3 is 16.4 Å². The maximum atomic E-state index is 11.6. The lowest BCUT2D eigenvalue weighted by Gasteiger charge is -2.19. The highest BCUT2D eigenvalue weighted by Crippen LogP contribution is 2.34. The Balaban J connectivity index is 1.97. The predicted molar refractivity (Wildman–Crippen MR) is 45.3 cm³/mol. The highest BCUT2D eigenvalue weighted by atomic mass is 16.2. The lowest BCUT2D eigenvalue weighted by molar-refractivity contribution is -0.132. The second-order valence-electron chi connectivity index (χ2n) is 3.96. The summed E-state index contributed by atoms with van der Waals surface area (Å²) in [6.45, 7) is 1.48. The van der Waals surface area contributed by atoms with Crippen LogP contribution in [0.1, 0.15) is 19.3 Å². The highest BCUT2D eigenvalue weighted by molar-refractivity contribution is 5.89. The zero-order valence-electron chi connectivity index (χ0n) is 7.12. The first kappa shape index (κ1) is 8.01. The van der Waals surface area contributed by atoms with Gasteiger partial charge in [0.25, 0.3) is 0 Å². The normalized spacial score (nSPS) is 32.2. The third kappa shape index (κ3) is 1.21. The summed E-state index contributed by atoms with van der Waals surface area (Å²) in [5.41, 5.74) is 11.0. The second-order valence-corrected chi connectivity index (χ2v) is 3.96. The molecule has 1 aliphatic heterocycles. The van der Waals surface area contributed by atoms with Crippen molar-refractivity contribution in [3.05, 3.63) is 0 Å². The number of amides is 1. The van der Waals surface area contributed by atoms with Gasteiger partial charge in [-0.15, -0.1) is 0 Å². The van der Waals surface area contributed by atoms with Gasteiger partial charge in [-0.1, -0.05) is 0 Å². The third-order valence-corrected chi connectivity index (χ3v) is 2.73. The molecular formula is C8H15N3O. The summed E-state index contributed by atoms with van der Waals surface area (Å²) in [6, 6.07) is 0.163. The van der Waals surface area contributed by atoms with Gasteiger partial charge in [-0.25, -0.2) is 0 Å². The third-order valence-electron chi connectivity index (χ3n) is 2.73. The zero-order valence-corrected chi connectivity index (χ0v) is 7.12. The van der Waals surface area contributed by atoms with Crippen LogP contribution in [-0.2, 0) is 4.79 Å². The largest absolute Gasteiger partial charge is 0.339 e. The molecule has 1 saturated carbocycles. The first-order valence-corrected chi connectivity index (χ1v) is 4.46. The van der Waals surface area contributed by atoms with Crippen molar-refractivity contribution < 1.29 is 4.79 Å². The summed E-state index contributed by atoms with van der Waals surface area (Å²) < 4.78 is 0. The fourth-order valence-electron chi connectivity index (χ4n) is 1.64. The second kappa shape index (κ2) is 2.44. The monoisotopic (exact) mass is 169 g/mol. The van der Waals surface area contributed by atoms with Crippen LogP contribution < -0.4 is 11.5 Å². The minimum Gasteiger partial charge on any atom is -0.339 e. The lowest BCUT2D eigenvalue weighted by Crippen LogP contribution is -2.45. The maximum absolute atomic E-state index is 11.6. The van der Waals surface area contributed by atoms with Crippen molar-refractivity contribution >= 4 is 5.91 Å². The van der Waals surface area contributed by atoms with Crippen molar-refractivity contribution in [2.75, 3.05) is 13.1 Å². The molecule has 2 fully saturated rings. The Morgan fingerprint density at radius 2 is 2.17 bits per heavy atom. The van der Waals surface area contributed by atoms with E-state index in [9.17, 15) is 4.79 Å². The Hall–Kier alpha value is -0.610. The number of carbonyl (C=O) groups is 1. The Morgan fingerprint density at radius 1 is 1.50 bits per heavy atom. The Labute approximate surface area is 71.9 Å². The molecule has 0 spiro atoms. The van der Waals surface area contributed by atoms with Crippen LogP contribution in [0.25, 0.3) is 0 Å². The molecular weight excluding hydrogens is 154 g/mol. The minimum absolute atomic E-state index is 0.107. The van der Waals surface area contributed by atoms with Gasteiger partial charge >= 0.3 is 0 Å². The van der Waals surface area contributed by atoms with E-state index < -0.39 is 5.54 Å². The fourth-order valence-corrected chi connectivity index (χ4v) is 1.64. The van der Waals surface area contributed by atoms with E-state index in [1.165, 1.54) is 0 Å². The molecule has 4 N–H and O–H groups in total. The summed E-state index contributed by atoms with van der Waals surface area (Å²) in [7, 11) is 0. The minimum atomic E-state index is -0.510. The SMILES string of the molecule is N[C@H]1CCN(C(=O)C2(N)CC2)C1. The molecule has 0 aromatic rings. The average molecular weight is 169 g/mol. The van der Waals surface area contributed by atoms with Gasteiger partial charge in [0.15, 0.2) is 0 Å². The molecule has 0 radical (unpaired) electrons. The van der Waals surface area contributed by atoms with Gasteiger partial charge in [-0.3, -0.25) is 4.79 Å². The van der Waals surface area contributed by atoms with E-state index in [0.29, 0.717) is 6.54 Å². The van der Waals surface area contributed by atoms with Gasteiger partial charge in [-0.2, -0.15) is 0 Å².